The third kappa shape index (κ3) is 3.60. The maximum absolute atomic E-state index is 13.6. The van der Waals surface area contributed by atoms with Crippen LogP contribution in [0.4, 0.5) is 14.5 Å². The van der Waals surface area contributed by atoms with Gasteiger partial charge in [-0.2, -0.15) is 8.42 Å². The van der Waals surface area contributed by atoms with E-state index in [9.17, 15) is 17.2 Å². The van der Waals surface area contributed by atoms with E-state index in [-0.39, 0.29) is 15.3 Å². The first-order valence-electron chi connectivity index (χ1n) is 5.74. The summed E-state index contributed by atoms with van der Waals surface area (Å²) < 4.78 is 57.9. The van der Waals surface area contributed by atoms with E-state index in [1.165, 1.54) is 12.1 Å². The quantitative estimate of drug-likeness (QED) is 0.782. The summed E-state index contributed by atoms with van der Waals surface area (Å²) in [6, 6.07) is 4.32. The predicted octanol–water partition coefficient (Wildman–Crippen LogP) is 2.84. The van der Waals surface area contributed by atoms with Crippen LogP contribution in [-0.2, 0) is 16.6 Å². The van der Waals surface area contributed by atoms with Crippen LogP contribution in [-0.4, -0.2) is 15.5 Å². The Balaban J connectivity index is 2.30. The van der Waals surface area contributed by atoms with Gasteiger partial charge in [-0.25, -0.2) is 8.78 Å². The molecule has 1 heterocycles. The van der Waals surface area contributed by atoms with E-state index < -0.39 is 21.7 Å². The number of hydrogen-bond acceptors (Lipinski definition) is 4. The molecule has 0 unspecified atom stereocenters. The SMILES string of the molecule is CNCc1ccc(S(=O)(=O)Nc2cc(Br)c(F)cc2F)o1. The normalized spacial score (nSPS) is 11.6. The first-order valence-corrected chi connectivity index (χ1v) is 8.02. The molecule has 9 heteroatoms. The summed E-state index contributed by atoms with van der Waals surface area (Å²) in [6.07, 6.45) is 0. The van der Waals surface area contributed by atoms with Crippen LogP contribution in [0.15, 0.2) is 38.2 Å². The Hall–Kier alpha value is -1.45. The lowest BCUT2D eigenvalue weighted by atomic mass is 10.3. The van der Waals surface area contributed by atoms with Gasteiger partial charge >= 0.3 is 0 Å². The maximum atomic E-state index is 13.6. The summed E-state index contributed by atoms with van der Waals surface area (Å²) in [6.45, 7) is 0.353. The molecule has 1 aromatic carbocycles. The van der Waals surface area contributed by atoms with Crippen LogP contribution in [0.25, 0.3) is 0 Å². The monoisotopic (exact) mass is 380 g/mol. The molecule has 0 aliphatic rings. The molecular weight excluding hydrogens is 370 g/mol. The van der Waals surface area contributed by atoms with Gasteiger partial charge in [0.05, 0.1) is 16.7 Å². The number of nitrogens with one attached hydrogen (secondary N) is 2. The molecule has 0 radical (unpaired) electrons. The van der Waals surface area contributed by atoms with Crippen LogP contribution in [0.2, 0.25) is 0 Å². The van der Waals surface area contributed by atoms with Crippen molar-refractivity contribution in [1.29, 1.82) is 0 Å². The molecule has 0 spiro atoms. The van der Waals surface area contributed by atoms with Crippen LogP contribution in [0.5, 0.6) is 0 Å². The Kier molecular flexibility index (Phi) is 4.64. The molecule has 21 heavy (non-hydrogen) atoms. The number of sulfonamides is 1. The van der Waals surface area contributed by atoms with Crippen molar-refractivity contribution in [2.45, 2.75) is 11.6 Å². The molecule has 114 valence electrons. The summed E-state index contributed by atoms with van der Waals surface area (Å²) in [5, 5.41) is 2.45. The lowest BCUT2D eigenvalue weighted by Gasteiger charge is -2.08. The van der Waals surface area contributed by atoms with Gasteiger partial charge in [0.1, 0.15) is 17.4 Å². The molecular formula is C12H11BrF2N2O3S. The van der Waals surface area contributed by atoms with Gasteiger partial charge in [0.15, 0.2) is 0 Å². The molecule has 0 saturated carbocycles. The van der Waals surface area contributed by atoms with Crippen molar-refractivity contribution >= 4 is 31.6 Å². The highest BCUT2D eigenvalue weighted by Crippen LogP contribution is 2.26. The average Bonchev–Trinajstić information content (AvgIpc) is 2.86. The van der Waals surface area contributed by atoms with Crippen molar-refractivity contribution in [2.24, 2.45) is 0 Å². The number of anilines is 1. The third-order valence-electron chi connectivity index (χ3n) is 2.51. The number of furan rings is 1. The minimum atomic E-state index is -4.09. The molecule has 0 amide bonds. The summed E-state index contributed by atoms with van der Waals surface area (Å²) in [5.41, 5.74) is -0.380. The second-order valence-electron chi connectivity index (χ2n) is 4.10. The van der Waals surface area contributed by atoms with Gasteiger partial charge in [-0.3, -0.25) is 4.72 Å². The fraction of sp³-hybridized carbons (Fsp3) is 0.167. The Morgan fingerprint density at radius 2 is 1.95 bits per heavy atom. The van der Waals surface area contributed by atoms with E-state index in [0.29, 0.717) is 18.4 Å². The molecule has 2 rings (SSSR count). The van der Waals surface area contributed by atoms with Gasteiger partial charge in [-0.15, -0.1) is 0 Å². The fourth-order valence-electron chi connectivity index (χ4n) is 1.57. The summed E-state index contributed by atoms with van der Waals surface area (Å²) in [7, 11) is -2.41. The Morgan fingerprint density at radius 3 is 2.62 bits per heavy atom. The number of benzene rings is 1. The van der Waals surface area contributed by atoms with E-state index >= 15 is 0 Å². The first-order chi connectivity index (χ1) is 9.83. The molecule has 2 N–H and O–H groups in total. The maximum Gasteiger partial charge on any atom is 0.295 e. The standard InChI is InChI=1S/C12H11BrF2N2O3S/c1-16-6-7-2-3-12(20-7)21(18,19)17-11-4-8(13)9(14)5-10(11)15/h2-5,16-17H,6H2,1H3. The Morgan fingerprint density at radius 1 is 1.24 bits per heavy atom. The zero-order valence-corrected chi connectivity index (χ0v) is 13.2. The molecule has 0 aliphatic heterocycles. The highest BCUT2D eigenvalue weighted by molar-refractivity contribution is 9.10. The fourth-order valence-corrected chi connectivity index (χ4v) is 2.92. The second kappa shape index (κ2) is 6.12. The van der Waals surface area contributed by atoms with Crippen LogP contribution < -0.4 is 10.0 Å². The predicted molar refractivity (Wildman–Crippen MR) is 76.3 cm³/mol. The van der Waals surface area contributed by atoms with Gasteiger partial charge in [0.25, 0.3) is 10.0 Å². The molecule has 0 saturated heterocycles. The van der Waals surface area contributed by atoms with Crippen molar-refractivity contribution in [1.82, 2.24) is 5.32 Å². The van der Waals surface area contributed by atoms with Gasteiger partial charge in [-0.1, -0.05) is 0 Å². The van der Waals surface area contributed by atoms with Gasteiger partial charge < -0.3 is 9.73 Å². The molecule has 0 aliphatic carbocycles. The highest BCUT2D eigenvalue weighted by Gasteiger charge is 2.21. The van der Waals surface area contributed by atoms with Crippen LogP contribution in [0, 0.1) is 11.6 Å². The van der Waals surface area contributed by atoms with Crippen LogP contribution in [0.1, 0.15) is 5.76 Å². The summed E-state index contributed by atoms with van der Waals surface area (Å²) in [4.78, 5) is 0. The van der Waals surface area contributed by atoms with E-state index in [1.54, 1.807) is 7.05 Å². The molecule has 0 bridgehead atoms. The minimum absolute atomic E-state index is 0.0584. The topological polar surface area (TPSA) is 71.3 Å². The highest BCUT2D eigenvalue weighted by atomic mass is 79.9. The van der Waals surface area contributed by atoms with Crippen molar-refractivity contribution in [2.75, 3.05) is 11.8 Å². The Bertz CT molecular complexity index is 762. The van der Waals surface area contributed by atoms with E-state index in [4.69, 9.17) is 4.42 Å². The number of hydrogen-bond donors (Lipinski definition) is 2. The van der Waals surface area contributed by atoms with Gasteiger partial charge in [-0.05, 0) is 41.2 Å². The number of rotatable bonds is 5. The van der Waals surface area contributed by atoms with Crippen LogP contribution in [0.3, 0.4) is 0 Å². The zero-order valence-electron chi connectivity index (χ0n) is 10.8. The van der Waals surface area contributed by atoms with Crippen molar-refractivity contribution in [3.63, 3.8) is 0 Å². The number of halogens is 3. The van der Waals surface area contributed by atoms with E-state index in [0.717, 1.165) is 6.07 Å². The van der Waals surface area contributed by atoms with Gasteiger partial charge in [0, 0.05) is 6.07 Å². The van der Waals surface area contributed by atoms with E-state index in [1.807, 2.05) is 4.72 Å². The largest absolute Gasteiger partial charge is 0.446 e. The molecule has 5 nitrogen and oxygen atoms in total. The molecule has 2 aromatic rings. The van der Waals surface area contributed by atoms with Crippen molar-refractivity contribution in [3.05, 3.63) is 46.1 Å². The second-order valence-corrected chi connectivity index (χ2v) is 6.57. The van der Waals surface area contributed by atoms with Crippen LogP contribution >= 0.6 is 15.9 Å². The lowest BCUT2D eigenvalue weighted by Crippen LogP contribution is -2.13. The third-order valence-corrected chi connectivity index (χ3v) is 4.35. The molecule has 1 aromatic heterocycles. The summed E-state index contributed by atoms with van der Waals surface area (Å²) in [5.74, 6) is -1.44. The lowest BCUT2D eigenvalue weighted by molar-refractivity contribution is 0.408. The smallest absolute Gasteiger partial charge is 0.295 e. The molecule has 0 fully saturated rings. The Labute approximate surface area is 128 Å². The zero-order chi connectivity index (χ0) is 15.6. The average molecular weight is 381 g/mol. The van der Waals surface area contributed by atoms with E-state index in [2.05, 4.69) is 21.2 Å². The van der Waals surface area contributed by atoms with Gasteiger partial charge in [0.2, 0.25) is 5.09 Å². The minimum Gasteiger partial charge on any atom is -0.446 e. The molecule has 0 atom stereocenters. The van der Waals surface area contributed by atoms with Crippen molar-refractivity contribution < 1.29 is 21.6 Å². The van der Waals surface area contributed by atoms with Crippen molar-refractivity contribution in [3.8, 4) is 0 Å². The summed E-state index contributed by atoms with van der Waals surface area (Å²) >= 11 is 2.86. The first kappa shape index (κ1) is 15.9.